The van der Waals surface area contributed by atoms with E-state index in [0.717, 1.165) is 0 Å². The average Bonchev–Trinajstić information content (AvgIpc) is 2.24. The molecular formula is C13H19Cl2N. The van der Waals surface area contributed by atoms with Crippen LogP contribution in [0.1, 0.15) is 32.4 Å². The quantitative estimate of drug-likeness (QED) is 0.837. The summed E-state index contributed by atoms with van der Waals surface area (Å²) < 4.78 is 0. The summed E-state index contributed by atoms with van der Waals surface area (Å²) >= 11 is 12.0. The van der Waals surface area contributed by atoms with E-state index in [1.807, 2.05) is 25.2 Å². The van der Waals surface area contributed by atoms with E-state index >= 15 is 0 Å². The molecule has 0 aliphatic heterocycles. The molecule has 0 aliphatic rings. The van der Waals surface area contributed by atoms with E-state index in [0.29, 0.717) is 27.9 Å². The van der Waals surface area contributed by atoms with Crippen LogP contribution in [-0.4, -0.2) is 7.05 Å². The molecule has 1 rings (SSSR count). The molecule has 1 aromatic carbocycles. The largest absolute Gasteiger partial charge is 0.313 e. The maximum atomic E-state index is 6.04. The standard InChI is InChI=1S/C13H19Cl2N/c1-8(2)9(3)13(16-4)10-5-6-11(14)12(15)7-10/h5-9,13,16H,1-4H3. The molecule has 1 nitrogen and oxygen atoms in total. The Morgan fingerprint density at radius 1 is 1.06 bits per heavy atom. The van der Waals surface area contributed by atoms with Gasteiger partial charge in [-0.15, -0.1) is 0 Å². The molecule has 2 unspecified atom stereocenters. The van der Waals surface area contributed by atoms with Crippen molar-refractivity contribution in [1.82, 2.24) is 5.32 Å². The molecule has 0 aliphatic carbocycles. The second-order valence-electron chi connectivity index (χ2n) is 4.54. The fourth-order valence-corrected chi connectivity index (χ4v) is 2.13. The van der Waals surface area contributed by atoms with Crippen molar-refractivity contribution in [3.63, 3.8) is 0 Å². The molecule has 0 heterocycles. The Bertz CT molecular complexity index is 350. The van der Waals surface area contributed by atoms with Gasteiger partial charge in [0.05, 0.1) is 10.0 Å². The minimum atomic E-state index is 0.315. The van der Waals surface area contributed by atoms with Gasteiger partial charge in [-0.2, -0.15) is 0 Å². The first-order chi connectivity index (χ1) is 7.47. The highest BCUT2D eigenvalue weighted by atomic mass is 35.5. The average molecular weight is 260 g/mol. The van der Waals surface area contributed by atoms with Crippen molar-refractivity contribution < 1.29 is 0 Å². The second kappa shape index (κ2) is 5.90. The third-order valence-corrected chi connectivity index (χ3v) is 3.93. The monoisotopic (exact) mass is 259 g/mol. The molecule has 2 atom stereocenters. The summed E-state index contributed by atoms with van der Waals surface area (Å²) in [5.41, 5.74) is 1.19. The van der Waals surface area contributed by atoms with Gasteiger partial charge in [0.25, 0.3) is 0 Å². The maximum absolute atomic E-state index is 6.04. The Hall–Kier alpha value is -0.240. The van der Waals surface area contributed by atoms with Crippen molar-refractivity contribution in [3.05, 3.63) is 33.8 Å². The van der Waals surface area contributed by atoms with Crippen LogP contribution in [0, 0.1) is 11.8 Å². The van der Waals surface area contributed by atoms with Crippen LogP contribution in [0.3, 0.4) is 0 Å². The summed E-state index contributed by atoms with van der Waals surface area (Å²) in [6, 6.07) is 6.16. The van der Waals surface area contributed by atoms with E-state index < -0.39 is 0 Å². The highest BCUT2D eigenvalue weighted by Crippen LogP contribution is 2.31. The molecule has 0 saturated carbocycles. The SMILES string of the molecule is CNC(c1ccc(Cl)c(Cl)c1)C(C)C(C)C. The molecular weight excluding hydrogens is 241 g/mol. The van der Waals surface area contributed by atoms with Gasteiger partial charge >= 0.3 is 0 Å². The topological polar surface area (TPSA) is 12.0 Å². The smallest absolute Gasteiger partial charge is 0.0595 e. The summed E-state index contributed by atoms with van der Waals surface area (Å²) in [6.07, 6.45) is 0. The van der Waals surface area contributed by atoms with Crippen LogP contribution in [-0.2, 0) is 0 Å². The van der Waals surface area contributed by atoms with Crippen molar-refractivity contribution in [3.8, 4) is 0 Å². The predicted octanol–water partition coefficient (Wildman–Crippen LogP) is 4.55. The van der Waals surface area contributed by atoms with Crippen LogP contribution >= 0.6 is 23.2 Å². The van der Waals surface area contributed by atoms with E-state index in [4.69, 9.17) is 23.2 Å². The van der Waals surface area contributed by atoms with Crippen LogP contribution in [0.5, 0.6) is 0 Å². The normalized spacial score (nSPS) is 15.2. The molecule has 1 N–H and O–H groups in total. The third kappa shape index (κ3) is 3.13. The van der Waals surface area contributed by atoms with Crippen LogP contribution in [0.25, 0.3) is 0 Å². The molecule has 3 heteroatoms. The minimum absolute atomic E-state index is 0.315. The van der Waals surface area contributed by atoms with Gasteiger partial charge < -0.3 is 5.32 Å². The summed E-state index contributed by atoms with van der Waals surface area (Å²) in [5, 5.41) is 4.57. The first-order valence-electron chi connectivity index (χ1n) is 5.59. The van der Waals surface area contributed by atoms with Crippen molar-refractivity contribution in [2.75, 3.05) is 7.05 Å². The number of nitrogens with one attached hydrogen (secondary N) is 1. The van der Waals surface area contributed by atoms with E-state index in [9.17, 15) is 0 Å². The lowest BCUT2D eigenvalue weighted by Gasteiger charge is -2.27. The first-order valence-corrected chi connectivity index (χ1v) is 6.35. The molecule has 16 heavy (non-hydrogen) atoms. The number of benzene rings is 1. The Labute approximate surface area is 108 Å². The van der Waals surface area contributed by atoms with Crippen molar-refractivity contribution >= 4 is 23.2 Å². The summed E-state index contributed by atoms with van der Waals surface area (Å²) in [4.78, 5) is 0. The van der Waals surface area contributed by atoms with Gasteiger partial charge in [0.1, 0.15) is 0 Å². The molecule has 90 valence electrons. The van der Waals surface area contributed by atoms with Crippen molar-refractivity contribution in [1.29, 1.82) is 0 Å². The van der Waals surface area contributed by atoms with Gasteiger partial charge in [0, 0.05) is 6.04 Å². The van der Waals surface area contributed by atoms with Gasteiger partial charge in [0.2, 0.25) is 0 Å². The van der Waals surface area contributed by atoms with Crippen LogP contribution in [0.2, 0.25) is 10.0 Å². The minimum Gasteiger partial charge on any atom is -0.313 e. The fraction of sp³-hybridized carbons (Fsp3) is 0.538. The van der Waals surface area contributed by atoms with Crippen LogP contribution < -0.4 is 5.32 Å². The van der Waals surface area contributed by atoms with Gasteiger partial charge in [-0.25, -0.2) is 0 Å². The van der Waals surface area contributed by atoms with Gasteiger partial charge in [0.15, 0.2) is 0 Å². The van der Waals surface area contributed by atoms with Crippen molar-refractivity contribution in [2.24, 2.45) is 11.8 Å². The summed E-state index contributed by atoms with van der Waals surface area (Å²) in [6.45, 7) is 6.70. The number of hydrogen-bond acceptors (Lipinski definition) is 1. The predicted molar refractivity (Wildman–Crippen MR) is 72.3 cm³/mol. The Balaban J connectivity index is 2.99. The molecule has 0 spiro atoms. The molecule has 0 bridgehead atoms. The Morgan fingerprint density at radius 3 is 2.12 bits per heavy atom. The Kier molecular flexibility index (Phi) is 5.10. The maximum Gasteiger partial charge on any atom is 0.0595 e. The molecule has 0 fully saturated rings. The number of hydrogen-bond donors (Lipinski definition) is 1. The number of halogens is 2. The number of rotatable bonds is 4. The summed E-state index contributed by atoms with van der Waals surface area (Å²) in [7, 11) is 1.98. The van der Waals surface area contributed by atoms with Crippen LogP contribution in [0.4, 0.5) is 0 Å². The fourth-order valence-electron chi connectivity index (χ4n) is 1.82. The molecule has 0 aromatic heterocycles. The van der Waals surface area contributed by atoms with Crippen LogP contribution in [0.15, 0.2) is 18.2 Å². The molecule has 0 saturated heterocycles. The third-order valence-electron chi connectivity index (χ3n) is 3.19. The zero-order chi connectivity index (χ0) is 12.3. The molecule has 0 radical (unpaired) electrons. The second-order valence-corrected chi connectivity index (χ2v) is 5.36. The molecule has 1 aromatic rings. The first kappa shape index (κ1) is 13.8. The van der Waals surface area contributed by atoms with Crippen molar-refractivity contribution in [2.45, 2.75) is 26.8 Å². The van der Waals surface area contributed by atoms with E-state index in [2.05, 4.69) is 26.1 Å². The zero-order valence-corrected chi connectivity index (χ0v) is 11.7. The highest BCUT2D eigenvalue weighted by Gasteiger charge is 2.20. The lowest BCUT2D eigenvalue weighted by molar-refractivity contribution is 0.317. The summed E-state index contributed by atoms with van der Waals surface area (Å²) in [5.74, 6) is 1.16. The van der Waals surface area contributed by atoms with E-state index in [-0.39, 0.29) is 0 Å². The Morgan fingerprint density at radius 2 is 1.69 bits per heavy atom. The lowest BCUT2D eigenvalue weighted by Crippen LogP contribution is -2.26. The van der Waals surface area contributed by atoms with Gasteiger partial charge in [-0.1, -0.05) is 50.0 Å². The van der Waals surface area contributed by atoms with Gasteiger partial charge in [-0.05, 0) is 36.6 Å². The zero-order valence-electron chi connectivity index (χ0n) is 10.2. The van der Waals surface area contributed by atoms with Gasteiger partial charge in [-0.3, -0.25) is 0 Å². The van der Waals surface area contributed by atoms with E-state index in [1.54, 1.807) is 0 Å². The molecule has 0 amide bonds. The highest BCUT2D eigenvalue weighted by molar-refractivity contribution is 6.42. The van der Waals surface area contributed by atoms with E-state index in [1.165, 1.54) is 5.56 Å². The lowest BCUT2D eigenvalue weighted by atomic mass is 9.86.